The van der Waals surface area contributed by atoms with Crippen LogP contribution < -0.4 is 5.73 Å². The van der Waals surface area contributed by atoms with Gasteiger partial charge in [0.15, 0.2) is 0 Å². The number of aliphatic hydroxyl groups is 1. The van der Waals surface area contributed by atoms with Gasteiger partial charge in [-0.15, -0.1) is 0 Å². The highest BCUT2D eigenvalue weighted by Crippen LogP contribution is 2.28. The fourth-order valence-corrected chi connectivity index (χ4v) is 2.67. The molecule has 0 unspecified atom stereocenters. The van der Waals surface area contributed by atoms with Crippen LogP contribution in [0.3, 0.4) is 0 Å². The second-order valence-corrected chi connectivity index (χ2v) is 5.22. The molecule has 0 aliphatic heterocycles. The second-order valence-electron chi connectivity index (χ2n) is 5.22. The number of H-pyrrole nitrogens is 1. The minimum atomic E-state index is -0.432. The molecule has 1 amide bonds. The fourth-order valence-electron chi connectivity index (χ4n) is 2.67. The van der Waals surface area contributed by atoms with Crippen molar-refractivity contribution in [3.8, 4) is 11.4 Å². The standard InChI is InChI=1S/C16H18N4O2/c17-16(22)11-3-4-14-12(9-11)10-15(13-5-6-18-19-13)20(14)7-1-2-8-21/h3-6,9-10,21H,1-2,7-8H2,(H2,17,22)(H,18,19). The van der Waals surface area contributed by atoms with Gasteiger partial charge in [0.05, 0.1) is 11.4 Å². The zero-order chi connectivity index (χ0) is 15.5. The average molecular weight is 298 g/mol. The monoisotopic (exact) mass is 298 g/mol. The van der Waals surface area contributed by atoms with Gasteiger partial charge in [-0.3, -0.25) is 9.89 Å². The van der Waals surface area contributed by atoms with Gasteiger partial charge < -0.3 is 15.4 Å². The molecular formula is C16H18N4O2. The average Bonchev–Trinajstić information content (AvgIpc) is 3.14. The normalized spacial score (nSPS) is 11.1. The smallest absolute Gasteiger partial charge is 0.248 e. The predicted molar refractivity (Wildman–Crippen MR) is 84.4 cm³/mol. The summed E-state index contributed by atoms with van der Waals surface area (Å²) in [5.74, 6) is -0.432. The van der Waals surface area contributed by atoms with Crippen LogP contribution >= 0.6 is 0 Å². The Labute approximate surface area is 127 Å². The molecule has 0 radical (unpaired) electrons. The van der Waals surface area contributed by atoms with Crippen molar-refractivity contribution < 1.29 is 9.90 Å². The fraction of sp³-hybridized carbons (Fsp3) is 0.250. The number of unbranched alkanes of at least 4 members (excludes halogenated alkanes) is 1. The van der Waals surface area contributed by atoms with Gasteiger partial charge in [-0.05, 0) is 43.2 Å². The van der Waals surface area contributed by atoms with Gasteiger partial charge in [-0.1, -0.05) is 0 Å². The number of primary amides is 1. The lowest BCUT2D eigenvalue weighted by Crippen LogP contribution is -2.10. The SMILES string of the molecule is NC(=O)c1ccc2c(c1)cc(-c1ccn[nH]1)n2CCCCO. The molecule has 3 rings (SSSR count). The minimum absolute atomic E-state index is 0.185. The van der Waals surface area contributed by atoms with E-state index in [0.717, 1.165) is 41.7 Å². The van der Waals surface area contributed by atoms with Crippen LogP contribution in [0.2, 0.25) is 0 Å². The molecule has 0 atom stereocenters. The number of carbonyl (C=O) groups is 1. The van der Waals surface area contributed by atoms with Crippen LogP contribution in [0.15, 0.2) is 36.5 Å². The maximum Gasteiger partial charge on any atom is 0.248 e. The largest absolute Gasteiger partial charge is 0.396 e. The maximum atomic E-state index is 11.3. The molecule has 22 heavy (non-hydrogen) atoms. The summed E-state index contributed by atoms with van der Waals surface area (Å²) in [5.41, 5.74) is 8.81. The molecule has 1 aromatic carbocycles. The van der Waals surface area contributed by atoms with E-state index in [9.17, 15) is 4.79 Å². The Kier molecular flexibility index (Phi) is 3.93. The maximum absolute atomic E-state index is 11.3. The number of hydrogen-bond donors (Lipinski definition) is 3. The predicted octanol–water partition coefficient (Wildman–Crippen LogP) is 1.90. The molecule has 0 aliphatic rings. The molecule has 0 fully saturated rings. The molecule has 0 spiro atoms. The first-order valence-corrected chi connectivity index (χ1v) is 7.24. The van der Waals surface area contributed by atoms with Crippen molar-refractivity contribution in [2.75, 3.05) is 6.61 Å². The van der Waals surface area contributed by atoms with Gasteiger partial charge >= 0.3 is 0 Å². The molecular weight excluding hydrogens is 280 g/mol. The summed E-state index contributed by atoms with van der Waals surface area (Å²) in [5, 5.41) is 16.9. The Morgan fingerprint density at radius 1 is 1.27 bits per heavy atom. The molecule has 6 nitrogen and oxygen atoms in total. The van der Waals surface area contributed by atoms with Gasteiger partial charge in [0, 0.05) is 35.8 Å². The molecule has 114 valence electrons. The third-order valence-electron chi connectivity index (χ3n) is 3.75. The highest BCUT2D eigenvalue weighted by molar-refractivity contribution is 5.98. The molecule has 2 heterocycles. The molecule has 0 aliphatic carbocycles. The van der Waals surface area contributed by atoms with Crippen molar-refractivity contribution in [3.63, 3.8) is 0 Å². The number of aromatic nitrogens is 3. The number of rotatable bonds is 6. The Morgan fingerprint density at radius 3 is 2.82 bits per heavy atom. The summed E-state index contributed by atoms with van der Waals surface area (Å²) in [6.45, 7) is 0.971. The minimum Gasteiger partial charge on any atom is -0.396 e. The third kappa shape index (κ3) is 2.60. The van der Waals surface area contributed by atoms with E-state index in [2.05, 4.69) is 14.8 Å². The number of aryl methyl sites for hydroxylation is 1. The highest BCUT2D eigenvalue weighted by atomic mass is 16.2. The Bertz CT molecular complexity index is 790. The number of aromatic amines is 1. The summed E-state index contributed by atoms with van der Waals surface area (Å²) in [7, 11) is 0. The van der Waals surface area contributed by atoms with E-state index in [-0.39, 0.29) is 6.61 Å². The second kappa shape index (κ2) is 6.03. The van der Waals surface area contributed by atoms with E-state index < -0.39 is 5.91 Å². The molecule has 0 bridgehead atoms. The number of aliphatic hydroxyl groups excluding tert-OH is 1. The van der Waals surface area contributed by atoms with Gasteiger partial charge in [0.1, 0.15) is 0 Å². The van der Waals surface area contributed by atoms with Crippen LogP contribution in [-0.2, 0) is 6.54 Å². The number of carbonyl (C=O) groups excluding carboxylic acids is 1. The molecule has 3 aromatic rings. The number of nitrogens with zero attached hydrogens (tertiary/aromatic N) is 2. The Morgan fingerprint density at radius 2 is 2.14 bits per heavy atom. The van der Waals surface area contributed by atoms with Gasteiger partial charge in [-0.2, -0.15) is 5.10 Å². The van der Waals surface area contributed by atoms with Crippen LogP contribution in [0.4, 0.5) is 0 Å². The topological polar surface area (TPSA) is 96.9 Å². The molecule has 2 aromatic heterocycles. The van der Waals surface area contributed by atoms with Gasteiger partial charge in [-0.25, -0.2) is 0 Å². The van der Waals surface area contributed by atoms with Crippen molar-refractivity contribution >= 4 is 16.8 Å². The van der Waals surface area contributed by atoms with Crippen molar-refractivity contribution in [2.45, 2.75) is 19.4 Å². The van der Waals surface area contributed by atoms with Crippen molar-refractivity contribution in [1.82, 2.24) is 14.8 Å². The van der Waals surface area contributed by atoms with E-state index in [1.807, 2.05) is 18.2 Å². The first-order valence-electron chi connectivity index (χ1n) is 7.24. The summed E-state index contributed by atoms with van der Waals surface area (Å²) in [6.07, 6.45) is 3.33. The Hall–Kier alpha value is -2.60. The van der Waals surface area contributed by atoms with E-state index in [1.165, 1.54) is 0 Å². The van der Waals surface area contributed by atoms with E-state index in [4.69, 9.17) is 10.8 Å². The molecule has 0 saturated carbocycles. The van der Waals surface area contributed by atoms with Crippen LogP contribution in [0.1, 0.15) is 23.2 Å². The van der Waals surface area contributed by atoms with Gasteiger partial charge in [0.25, 0.3) is 0 Å². The first-order chi connectivity index (χ1) is 10.7. The summed E-state index contributed by atoms with van der Waals surface area (Å²) < 4.78 is 2.17. The summed E-state index contributed by atoms with van der Waals surface area (Å²) in [4.78, 5) is 11.3. The number of benzene rings is 1. The molecule has 0 saturated heterocycles. The van der Waals surface area contributed by atoms with Crippen molar-refractivity contribution in [1.29, 1.82) is 0 Å². The molecule has 4 N–H and O–H groups in total. The first kappa shape index (κ1) is 14.3. The zero-order valence-electron chi connectivity index (χ0n) is 12.1. The summed E-state index contributed by atoms with van der Waals surface area (Å²) >= 11 is 0. The zero-order valence-corrected chi connectivity index (χ0v) is 12.1. The van der Waals surface area contributed by atoms with Crippen LogP contribution in [-0.4, -0.2) is 32.4 Å². The van der Waals surface area contributed by atoms with Crippen molar-refractivity contribution in [3.05, 3.63) is 42.1 Å². The third-order valence-corrected chi connectivity index (χ3v) is 3.75. The number of fused-ring (bicyclic) bond motifs is 1. The number of nitrogens with one attached hydrogen (secondary N) is 1. The highest BCUT2D eigenvalue weighted by Gasteiger charge is 2.13. The van der Waals surface area contributed by atoms with Crippen molar-refractivity contribution in [2.24, 2.45) is 5.73 Å². The van der Waals surface area contributed by atoms with E-state index in [0.29, 0.717) is 5.56 Å². The summed E-state index contributed by atoms with van der Waals surface area (Å²) in [6, 6.07) is 9.39. The lowest BCUT2D eigenvalue weighted by Gasteiger charge is -2.09. The lowest BCUT2D eigenvalue weighted by molar-refractivity contribution is 0.100. The molecule has 6 heteroatoms. The van der Waals surface area contributed by atoms with Gasteiger partial charge in [0.2, 0.25) is 5.91 Å². The lowest BCUT2D eigenvalue weighted by atomic mass is 10.1. The quantitative estimate of drug-likeness (QED) is 0.606. The number of hydrogen-bond acceptors (Lipinski definition) is 3. The van der Waals surface area contributed by atoms with E-state index >= 15 is 0 Å². The van der Waals surface area contributed by atoms with Crippen LogP contribution in [0, 0.1) is 0 Å². The number of nitrogens with two attached hydrogens (primary N) is 1. The number of amides is 1. The van der Waals surface area contributed by atoms with E-state index in [1.54, 1.807) is 18.3 Å². The van der Waals surface area contributed by atoms with Crippen LogP contribution in [0.5, 0.6) is 0 Å². The Balaban J connectivity index is 2.10. The van der Waals surface area contributed by atoms with Crippen LogP contribution in [0.25, 0.3) is 22.3 Å².